The Bertz CT molecular complexity index is 1060. The Labute approximate surface area is 164 Å². The molecule has 0 atom stereocenters. The van der Waals surface area contributed by atoms with Gasteiger partial charge < -0.3 is 9.72 Å². The van der Waals surface area contributed by atoms with Crippen LogP contribution in [0.25, 0.3) is 22.4 Å². The number of hydrogen-bond donors (Lipinski definition) is 1. The molecule has 3 rings (SSSR count). The van der Waals surface area contributed by atoms with Crippen LogP contribution < -0.4 is 10.3 Å². The van der Waals surface area contributed by atoms with E-state index in [1.807, 2.05) is 6.92 Å². The zero-order chi connectivity index (χ0) is 19.6. The number of carbonyl (C=O) groups is 1. The third-order valence-corrected chi connectivity index (χ3v) is 4.74. The predicted octanol–water partition coefficient (Wildman–Crippen LogP) is 3.25. The molecule has 142 valence electrons. The van der Waals surface area contributed by atoms with Crippen molar-refractivity contribution in [1.29, 1.82) is 0 Å². The van der Waals surface area contributed by atoms with Gasteiger partial charge in [-0.25, -0.2) is 4.98 Å². The molecule has 0 unspecified atom stereocenters. The molecule has 0 aliphatic carbocycles. The lowest BCUT2D eigenvalue weighted by Crippen LogP contribution is -2.13. The van der Waals surface area contributed by atoms with Gasteiger partial charge in [-0.15, -0.1) is 0 Å². The molecule has 0 aliphatic rings. The van der Waals surface area contributed by atoms with E-state index >= 15 is 0 Å². The van der Waals surface area contributed by atoms with Crippen LogP contribution in [0.2, 0.25) is 0 Å². The fraction of sp³-hybridized carbons (Fsp3) is 0.368. The van der Waals surface area contributed by atoms with Gasteiger partial charge in [0.2, 0.25) is 0 Å². The first-order chi connectivity index (χ1) is 13.0. The van der Waals surface area contributed by atoms with Crippen LogP contribution in [0.4, 0.5) is 0 Å². The SMILES string of the molecule is CCCc1nn(C)c2c(=O)[nH]c(-c3cc(C(=O)CBr)ccc3OCC)nc12. The molecule has 8 heteroatoms. The van der Waals surface area contributed by atoms with Crippen LogP contribution in [-0.2, 0) is 13.5 Å². The van der Waals surface area contributed by atoms with Crippen LogP contribution in [-0.4, -0.2) is 37.5 Å². The summed E-state index contributed by atoms with van der Waals surface area (Å²) in [5.41, 5.74) is 2.63. The van der Waals surface area contributed by atoms with Gasteiger partial charge in [0.15, 0.2) is 11.3 Å². The van der Waals surface area contributed by atoms with Crippen molar-refractivity contribution in [3.63, 3.8) is 0 Å². The average Bonchev–Trinajstić information content (AvgIpc) is 2.98. The highest BCUT2D eigenvalue weighted by Gasteiger charge is 2.18. The number of nitrogens with one attached hydrogen (secondary N) is 1. The lowest BCUT2D eigenvalue weighted by Gasteiger charge is -2.11. The number of benzene rings is 1. The number of nitrogens with zero attached hydrogens (tertiary/aromatic N) is 3. The number of Topliss-reactive ketones (excluding diaryl/α,β-unsaturated/α-hetero) is 1. The molecule has 2 heterocycles. The molecule has 0 saturated carbocycles. The summed E-state index contributed by atoms with van der Waals surface area (Å²) in [4.78, 5) is 32.3. The normalized spacial score (nSPS) is 11.1. The highest BCUT2D eigenvalue weighted by Crippen LogP contribution is 2.30. The number of carbonyl (C=O) groups excluding carboxylic acids is 1. The Morgan fingerprint density at radius 1 is 1.33 bits per heavy atom. The molecule has 7 nitrogen and oxygen atoms in total. The lowest BCUT2D eigenvalue weighted by atomic mass is 10.1. The maximum atomic E-state index is 12.7. The van der Waals surface area contributed by atoms with Crippen molar-refractivity contribution in [2.45, 2.75) is 26.7 Å². The van der Waals surface area contributed by atoms with Crippen LogP contribution >= 0.6 is 15.9 Å². The molecule has 0 radical (unpaired) electrons. The minimum Gasteiger partial charge on any atom is -0.493 e. The number of aromatic amines is 1. The Morgan fingerprint density at radius 2 is 2.11 bits per heavy atom. The molecule has 0 spiro atoms. The minimum atomic E-state index is -0.271. The zero-order valence-electron chi connectivity index (χ0n) is 15.5. The minimum absolute atomic E-state index is 0.0595. The van der Waals surface area contributed by atoms with Crippen LogP contribution in [0, 0.1) is 0 Å². The first kappa shape index (κ1) is 19.3. The van der Waals surface area contributed by atoms with E-state index in [0.29, 0.717) is 40.3 Å². The number of rotatable bonds is 7. The van der Waals surface area contributed by atoms with E-state index < -0.39 is 0 Å². The van der Waals surface area contributed by atoms with Gasteiger partial charge in [-0.2, -0.15) is 5.10 Å². The Morgan fingerprint density at radius 3 is 2.78 bits per heavy atom. The van der Waals surface area contributed by atoms with Crippen molar-refractivity contribution < 1.29 is 9.53 Å². The highest BCUT2D eigenvalue weighted by molar-refractivity contribution is 9.09. The van der Waals surface area contributed by atoms with E-state index in [1.165, 1.54) is 0 Å². The second kappa shape index (κ2) is 8.04. The molecule has 0 bridgehead atoms. The predicted molar refractivity (Wildman–Crippen MR) is 108 cm³/mol. The summed E-state index contributed by atoms with van der Waals surface area (Å²) in [6.07, 6.45) is 1.63. The fourth-order valence-corrected chi connectivity index (χ4v) is 3.35. The van der Waals surface area contributed by atoms with Gasteiger partial charge in [0.05, 0.1) is 23.2 Å². The summed E-state index contributed by atoms with van der Waals surface area (Å²) < 4.78 is 7.25. The molecule has 0 aliphatic heterocycles. The van der Waals surface area contributed by atoms with Crippen molar-refractivity contribution >= 4 is 32.7 Å². The van der Waals surface area contributed by atoms with Gasteiger partial charge >= 0.3 is 0 Å². The second-order valence-electron chi connectivity index (χ2n) is 6.13. The molecule has 0 fully saturated rings. The number of halogens is 1. The Balaban J connectivity index is 2.26. The number of alkyl halides is 1. The van der Waals surface area contributed by atoms with Crippen molar-refractivity contribution in [3.8, 4) is 17.1 Å². The van der Waals surface area contributed by atoms with Gasteiger partial charge in [-0.1, -0.05) is 29.3 Å². The summed E-state index contributed by atoms with van der Waals surface area (Å²) >= 11 is 3.19. The summed E-state index contributed by atoms with van der Waals surface area (Å²) in [5, 5.41) is 4.65. The maximum absolute atomic E-state index is 12.7. The third kappa shape index (κ3) is 3.66. The number of ether oxygens (including phenoxy) is 1. The standard InChI is InChI=1S/C19H21BrN4O3/c1-4-6-13-16-17(24(3)23-13)19(26)22-18(21-16)12-9-11(14(25)10-20)7-8-15(12)27-5-2/h7-9H,4-6,10H2,1-3H3,(H,21,22,26). The number of fused-ring (bicyclic) bond motifs is 1. The first-order valence-corrected chi connectivity index (χ1v) is 9.94. The van der Waals surface area contributed by atoms with Crippen molar-refractivity contribution in [3.05, 3.63) is 39.8 Å². The van der Waals surface area contributed by atoms with Gasteiger partial charge in [0.25, 0.3) is 5.56 Å². The zero-order valence-corrected chi connectivity index (χ0v) is 17.1. The molecule has 0 amide bonds. The van der Waals surface area contributed by atoms with Gasteiger partial charge in [-0.3, -0.25) is 14.3 Å². The van der Waals surface area contributed by atoms with Gasteiger partial charge in [0.1, 0.15) is 17.1 Å². The highest BCUT2D eigenvalue weighted by atomic mass is 79.9. The van der Waals surface area contributed by atoms with E-state index in [-0.39, 0.29) is 16.7 Å². The van der Waals surface area contributed by atoms with E-state index in [9.17, 15) is 9.59 Å². The first-order valence-electron chi connectivity index (χ1n) is 8.82. The largest absolute Gasteiger partial charge is 0.493 e. The summed E-state index contributed by atoms with van der Waals surface area (Å²) in [6.45, 7) is 4.39. The van der Waals surface area contributed by atoms with Crippen molar-refractivity contribution in [2.24, 2.45) is 7.05 Å². The summed E-state index contributed by atoms with van der Waals surface area (Å²) in [7, 11) is 1.74. The lowest BCUT2D eigenvalue weighted by molar-refractivity contribution is 0.102. The van der Waals surface area contributed by atoms with E-state index in [0.717, 1.165) is 18.5 Å². The fourth-order valence-electron chi connectivity index (χ4n) is 3.03. The molecule has 27 heavy (non-hydrogen) atoms. The molecular weight excluding hydrogens is 412 g/mol. The second-order valence-corrected chi connectivity index (χ2v) is 6.69. The Kier molecular flexibility index (Phi) is 5.74. The monoisotopic (exact) mass is 432 g/mol. The summed E-state index contributed by atoms with van der Waals surface area (Å²) in [5.74, 6) is 0.869. The topological polar surface area (TPSA) is 89.9 Å². The van der Waals surface area contributed by atoms with Gasteiger partial charge in [-0.05, 0) is 31.5 Å². The van der Waals surface area contributed by atoms with Crippen molar-refractivity contribution in [1.82, 2.24) is 19.7 Å². The van der Waals surface area contributed by atoms with Crippen LogP contribution in [0.5, 0.6) is 5.75 Å². The van der Waals surface area contributed by atoms with E-state index in [4.69, 9.17) is 4.74 Å². The molecular formula is C19H21BrN4O3. The Hall–Kier alpha value is -2.48. The average molecular weight is 433 g/mol. The van der Waals surface area contributed by atoms with Crippen LogP contribution in [0.3, 0.4) is 0 Å². The van der Waals surface area contributed by atoms with E-state index in [2.05, 4.69) is 37.9 Å². The van der Waals surface area contributed by atoms with Crippen LogP contribution in [0.15, 0.2) is 23.0 Å². The maximum Gasteiger partial charge on any atom is 0.277 e. The number of ketones is 1. The number of hydrogen-bond acceptors (Lipinski definition) is 5. The van der Waals surface area contributed by atoms with E-state index in [1.54, 1.807) is 29.9 Å². The molecule has 1 aromatic carbocycles. The quantitative estimate of drug-likeness (QED) is 0.457. The number of aryl methyl sites for hydroxylation is 2. The number of H-pyrrole nitrogens is 1. The molecule has 3 aromatic rings. The van der Waals surface area contributed by atoms with Gasteiger partial charge in [0, 0.05) is 12.6 Å². The summed E-state index contributed by atoms with van der Waals surface area (Å²) in [6, 6.07) is 5.14. The van der Waals surface area contributed by atoms with Crippen molar-refractivity contribution in [2.75, 3.05) is 11.9 Å². The smallest absolute Gasteiger partial charge is 0.277 e. The molecule has 2 aromatic heterocycles. The number of aromatic nitrogens is 4. The molecule has 0 saturated heterocycles. The molecule has 1 N–H and O–H groups in total. The third-order valence-electron chi connectivity index (χ3n) is 4.23. The van der Waals surface area contributed by atoms with Crippen LogP contribution in [0.1, 0.15) is 36.3 Å².